The lowest BCUT2D eigenvalue weighted by Crippen LogP contribution is -2.37. The number of nitrogens with zero attached hydrogens (tertiary/aromatic N) is 2. The normalized spacial score (nSPS) is 14.9. The highest BCUT2D eigenvalue weighted by atomic mass is 16.2. The maximum Gasteiger partial charge on any atom is 0.225 e. The fourth-order valence-electron chi connectivity index (χ4n) is 2.80. The van der Waals surface area contributed by atoms with Gasteiger partial charge in [0, 0.05) is 49.8 Å². The maximum atomic E-state index is 12.0. The first-order chi connectivity index (χ1) is 11.9. The fourth-order valence-corrected chi connectivity index (χ4v) is 2.80. The van der Waals surface area contributed by atoms with Crippen LogP contribution in [-0.4, -0.2) is 36.4 Å². The second-order valence-electron chi connectivity index (χ2n) is 7.57. The third-order valence-corrected chi connectivity index (χ3v) is 4.32. The van der Waals surface area contributed by atoms with Crippen molar-refractivity contribution in [2.75, 3.05) is 24.5 Å². The summed E-state index contributed by atoms with van der Waals surface area (Å²) < 4.78 is 0. The second-order valence-corrected chi connectivity index (χ2v) is 7.57. The summed E-state index contributed by atoms with van der Waals surface area (Å²) in [6.07, 6.45) is 5.74. The maximum absolute atomic E-state index is 12.0. The standard InChI is InChI=1S/C19H30N4O2/c1-19(2,3)18(25)21-11-9-16(24)22-14-15-8-7-10-20-17(15)23-12-5-4-6-13-23/h7-8,10H,4-6,9,11-14H2,1-3H3,(H,21,25)(H,22,24). The molecule has 1 aromatic heterocycles. The van der Waals surface area contributed by atoms with E-state index < -0.39 is 5.41 Å². The number of piperidine rings is 1. The summed E-state index contributed by atoms with van der Waals surface area (Å²) in [4.78, 5) is 30.6. The monoisotopic (exact) mass is 346 g/mol. The summed E-state index contributed by atoms with van der Waals surface area (Å²) in [6, 6.07) is 3.91. The average Bonchev–Trinajstić information content (AvgIpc) is 2.60. The first-order valence-corrected chi connectivity index (χ1v) is 9.12. The molecule has 0 aliphatic carbocycles. The first-order valence-electron chi connectivity index (χ1n) is 9.12. The van der Waals surface area contributed by atoms with Crippen LogP contribution in [0.4, 0.5) is 5.82 Å². The number of carbonyl (C=O) groups is 2. The molecule has 2 amide bonds. The van der Waals surface area contributed by atoms with Crippen molar-refractivity contribution in [2.45, 2.75) is 53.0 Å². The third-order valence-electron chi connectivity index (χ3n) is 4.32. The van der Waals surface area contributed by atoms with E-state index in [1.807, 2.05) is 32.9 Å². The van der Waals surface area contributed by atoms with Gasteiger partial charge < -0.3 is 15.5 Å². The number of anilines is 1. The summed E-state index contributed by atoms with van der Waals surface area (Å²) in [7, 11) is 0. The molecule has 2 heterocycles. The summed E-state index contributed by atoms with van der Waals surface area (Å²) in [6.45, 7) is 8.43. The van der Waals surface area contributed by atoms with Gasteiger partial charge in [-0.3, -0.25) is 9.59 Å². The Kier molecular flexibility index (Phi) is 6.79. The first kappa shape index (κ1) is 19.2. The molecule has 138 valence electrons. The number of nitrogens with one attached hydrogen (secondary N) is 2. The molecule has 0 spiro atoms. The van der Waals surface area contributed by atoms with E-state index >= 15 is 0 Å². The van der Waals surface area contributed by atoms with Gasteiger partial charge in [-0.15, -0.1) is 0 Å². The van der Waals surface area contributed by atoms with E-state index in [0.717, 1.165) is 24.5 Å². The molecule has 6 heteroatoms. The number of carbonyl (C=O) groups excluding carboxylic acids is 2. The Morgan fingerprint density at radius 3 is 2.56 bits per heavy atom. The molecule has 0 aromatic carbocycles. The van der Waals surface area contributed by atoms with Crippen molar-refractivity contribution < 1.29 is 9.59 Å². The van der Waals surface area contributed by atoms with Crippen LogP contribution in [0.2, 0.25) is 0 Å². The van der Waals surface area contributed by atoms with Gasteiger partial charge in [0.2, 0.25) is 11.8 Å². The lowest BCUT2D eigenvalue weighted by Gasteiger charge is -2.29. The van der Waals surface area contributed by atoms with Crippen LogP contribution in [0.25, 0.3) is 0 Å². The Morgan fingerprint density at radius 1 is 1.16 bits per heavy atom. The molecule has 0 bridgehead atoms. The molecule has 25 heavy (non-hydrogen) atoms. The third kappa shape index (κ3) is 6.03. The molecule has 1 fully saturated rings. The molecule has 1 aromatic rings. The highest BCUT2D eigenvalue weighted by Crippen LogP contribution is 2.21. The van der Waals surface area contributed by atoms with Gasteiger partial charge in [-0.05, 0) is 25.3 Å². The molecule has 0 unspecified atom stereocenters. The summed E-state index contributed by atoms with van der Waals surface area (Å²) >= 11 is 0. The minimum absolute atomic E-state index is 0.0417. The quantitative estimate of drug-likeness (QED) is 0.828. The van der Waals surface area contributed by atoms with Crippen LogP contribution in [0.15, 0.2) is 18.3 Å². The van der Waals surface area contributed by atoms with Crippen molar-refractivity contribution in [3.8, 4) is 0 Å². The predicted octanol–water partition coefficient (Wildman–Crippen LogP) is 2.24. The van der Waals surface area contributed by atoms with Crippen LogP contribution in [-0.2, 0) is 16.1 Å². The van der Waals surface area contributed by atoms with Crippen molar-refractivity contribution in [3.63, 3.8) is 0 Å². The van der Waals surface area contributed by atoms with E-state index in [0.29, 0.717) is 13.1 Å². The number of aromatic nitrogens is 1. The molecule has 1 aliphatic rings. The van der Waals surface area contributed by atoms with Gasteiger partial charge in [0.25, 0.3) is 0 Å². The van der Waals surface area contributed by atoms with Crippen LogP contribution in [0.3, 0.4) is 0 Å². The zero-order valence-electron chi connectivity index (χ0n) is 15.6. The molecular formula is C19H30N4O2. The molecule has 2 N–H and O–H groups in total. The van der Waals surface area contributed by atoms with E-state index in [2.05, 4.69) is 20.5 Å². The molecular weight excluding hydrogens is 316 g/mol. The van der Waals surface area contributed by atoms with Gasteiger partial charge in [-0.2, -0.15) is 0 Å². The minimum atomic E-state index is -0.435. The van der Waals surface area contributed by atoms with Gasteiger partial charge in [-0.1, -0.05) is 26.8 Å². The largest absolute Gasteiger partial charge is 0.356 e. The fraction of sp³-hybridized carbons (Fsp3) is 0.632. The van der Waals surface area contributed by atoms with Crippen molar-refractivity contribution in [1.82, 2.24) is 15.6 Å². The zero-order valence-corrected chi connectivity index (χ0v) is 15.6. The Labute approximate surface area is 150 Å². The number of pyridine rings is 1. The topological polar surface area (TPSA) is 74.3 Å². The summed E-state index contributed by atoms with van der Waals surface area (Å²) in [5.41, 5.74) is 0.603. The Balaban J connectivity index is 1.81. The molecule has 0 radical (unpaired) electrons. The van der Waals surface area contributed by atoms with Gasteiger partial charge in [0.05, 0.1) is 0 Å². The number of hydrogen-bond acceptors (Lipinski definition) is 4. The van der Waals surface area contributed by atoms with E-state index in [4.69, 9.17) is 0 Å². The molecule has 2 rings (SSSR count). The van der Waals surface area contributed by atoms with E-state index in [1.165, 1.54) is 19.3 Å². The van der Waals surface area contributed by atoms with Crippen molar-refractivity contribution in [2.24, 2.45) is 5.41 Å². The highest BCUT2D eigenvalue weighted by molar-refractivity contribution is 5.82. The Morgan fingerprint density at radius 2 is 1.88 bits per heavy atom. The number of amides is 2. The predicted molar refractivity (Wildman–Crippen MR) is 99.2 cm³/mol. The van der Waals surface area contributed by atoms with Gasteiger partial charge in [0.1, 0.15) is 5.82 Å². The smallest absolute Gasteiger partial charge is 0.225 e. The van der Waals surface area contributed by atoms with Crippen molar-refractivity contribution in [1.29, 1.82) is 0 Å². The zero-order chi connectivity index (χ0) is 18.3. The summed E-state index contributed by atoms with van der Waals surface area (Å²) in [5, 5.41) is 5.73. The molecule has 0 saturated carbocycles. The SMILES string of the molecule is CC(C)(C)C(=O)NCCC(=O)NCc1cccnc1N1CCCCC1. The van der Waals surface area contributed by atoms with Gasteiger partial charge in [-0.25, -0.2) is 4.98 Å². The molecule has 0 atom stereocenters. The Bertz CT molecular complexity index is 589. The molecule has 6 nitrogen and oxygen atoms in total. The van der Waals surface area contributed by atoms with Crippen molar-refractivity contribution in [3.05, 3.63) is 23.9 Å². The van der Waals surface area contributed by atoms with Crippen LogP contribution in [0.5, 0.6) is 0 Å². The van der Waals surface area contributed by atoms with Crippen LogP contribution >= 0.6 is 0 Å². The van der Waals surface area contributed by atoms with Crippen molar-refractivity contribution >= 4 is 17.6 Å². The molecule has 1 aliphatic heterocycles. The van der Waals surface area contributed by atoms with Gasteiger partial charge in [0.15, 0.2) is 0 Å². The van der Waals surface area contributed by atoms with Crippen LogP contribution < -0.4 is 15.5 Å². The number of rotatable bonds is 6. The lowest BCUT2D eigenvalue weighted by molar-refractivity contribution is -0.128. The average molecular weight is 346 g/mol. The minimum Gasteiger partial charge on any atom is -0.356 e. The number of hydrogen-bond donors (Lipinski definition) is 2. The van der Waals surface area contributed by atoms with Crippen LogP contribution in [0, 0.1) is 5.41 Å². The van der Waals surface area contributed by atoms with Crippen LogP contribution in [0.1, 0.15) is 52.0 Å². The van der Waals surface area contributed by atoms with E-state index in [1.54, 1.807) is 6.20 Å². The molecule has 1 saturated heterocycles. The lowest BCUT2D eigenvalue weighted by atomic mass is 9.96. The Hall–Kier alpha value is -2.11. The highest BCUT2D eigenvalue weighted by Gasteiger charge is 2.20. The van der Waals surface area contributed by atoms with Gasteiger partial charge >= 0.3 is 0 Å². The van der Waals surface area contributed by atoms with E-state index in [9.17, 15) is 9.59 Å². The summed E-state index contributed by atoms with van der Waals surface area (Å²) in [5.74, 6) is 0.867. The van der Waals surface area contributed by atoms with E-state index in [-0.39, 0.29) is 18.2 Å². The second kappa shape index (κ2) is 8.83.